The van der Waals surface area contributed by atoms with E-state index in [0.29, 0.717) is 5.92 Å². The Hall–Kier alpha value is -6.42. The number of benzene rings is 5. The Bertz CT molecular complexity index is 2970. The number of nitrogens with zero attached hydrogens (tertiary/aromatic N) is 2. The molecule has 0 bridgehead atoms. The minimum Gasteiger partial charge on any atom is -0.314 e. The van der Waals surface area contributed by atoms with Crippen molar-refractivity contribution in [2.45, 2.75) is 59.3 Å². The second-order valence-corrected chi connectivity index (χ2v) is 17.8. The van der Waals surface area contributed by atoms with Crippen molar-refractivity contribution in [2.24, 2.45) is 5.92 Å². The van der Waals surface area contributed by atoms with Crippen LogP contribution in [0.15, 0.2) is 192 Å². The maximum Gasteiger partial charge on any atom is 0.0541 e. The van der Waals surface area contributed by atoms with Crippen LogP contribution in [0.2, 0.25) is 0 Å². The Balaban J connectivity index is 1.06. The first-order valence-electron chi connectivity index (χ1n) is 22.0. The summed E-state index contributed by atoms with van der Waals surface area (Å²) < 4.78 is 2.41. The van der Waals surface area contributed by atoms with E-state index in [0.717, 1.165) is 38.5 Å². The molecule has 0 N–H and O–H groups in total. The Morgan fingerprint density at radius 2 is 1.49 bits per heavy atom. The number of para-hydroxylation sites is 1. The van der Waals surface area contributed by atoms with E-state index in [1.165, 1.54) is 98.9 Å². The van der Waals surface area contributed by atoms with Crippen LogP contribution >= 0.6 is 11.3 Å². The molecule has 0 saturated heterocycles. The zero-order valence-electron chi connectivity index (χ0n) is 35.4. The minimum atomic E-state index is 0.463. The number of fused-ring (bicyclic) bond motifs is 6. The van der Waals surface area contributed by atoms with Crippen molar-refractivity contribution in [3.8, 4) is 27.9 Å². The van der Waals surface area contributed by atoms with E-state index in [4.69, 9.17) is 0 Å². The summed E-state index contributed by atoms with van der Waals surface area (Å²) in [6.45, 7) is 6.81. The number of aromatic nitrogens is 1. The third-order valence-electron chi connectivity index (χ3n) is 12.8. The Morgan fingerprint density at radius 1 is 0.754 bits per heavy atom. The van der Waals surface area contributed by atoms with Gasteiger partial charge in [0.15, 0.2) is 0 Å². The zero-order valence-corrected chi connectivity index (χ0v) is 36.3. The maximum absolute atomic E-state index is 2.59. The molecule has 0 amide bonds. The smallest absolute Gasteiger partial charge is 0.0541 e. The van der Waals surface area contributed by atoms with Crippen LogP contribution in [0.3, 0.4) is 0 Å². The molecule has 0 radical (unpaired) electrons. The topological polar surface area (TPSA) is 8.17 Å². The van der Waals surface area contributed by atoms with E-state index in [-0.39, 0.29) is 0 Å². The minimum absolute atomic E-state index is 0.463. The van der Waals surface area contributed by atoms with E-state index in [1.807, 2.05) is 11.3 Å². The van der Waals surface area contributed by atoms with Crippen LogP contribution in [0.1, 0.15) is 67.3 Å². The molecule has 1 unspecified atom stereocenters. The third kappa shape index (κ3) is 7.42. The molecule has 2 aromatic heterocycles. The van der Waals surface area contributed by atoms with Gasteiger partial charge in [-0.05, 0) is 164 Å². The van der Waals surface area contributed by atoms with E-state index in [9.17, 15) is 0 Å². The van der Waals surface area contributed by atoms with Gasteiger partial charge in [0.1, 0.15) is 0 Å². The second-order valence-electron chi connectivity index (χ2n) is 16.6. The SMILES string of the molecule is CC=CC/C=C\C(=C(/C)C1=CC=CCC1C)N(C1=Cc2c(sc3c2CCC=C3)CC1)c1ccc(-c2ccc3c(c2)c2ccccc2n3-c2ccc(-c3ccccc3)cc2)cc1. The fourth-order valence-corrected chi connectivity index (χ4v) is 10.9. The lowest BCUT2D eigenvalue weighted by atomic mass is 9.87. The van der Waals surface area contributed by atoms with Crippen LogP contribution in [0.4, 0.5) is 5.69 Å². The number of allylic oxidation sites excluding steroid dienone is 11. The van der Waals surface area contributed by atoms with Gasteiger partial charge >= 0.3 is 0 Å². The molecule has 0 saturated carbocycles. The fourth-order valence-electron chi connectivity index (χ4n) is 9.65. The monoisotopic (exact) mass is 808 g/mol. The van der Waals surface area contributed by atoms with Gasteiger partial charge < -0.3 is 9.47 Å². The number of rotatable bonds is 10. The number of anilines is 1. The zero-order chi connectivity index (χ0) is 41.3. The molecule has 3 aliphatic carbocycles. The molecule has 1 atom stereocenters. The van der Waals surface area contributed by atoms with Crippen LogP contribution in [-0.2, 0) is 12.8 Å². The van der Waals surface area contributed by atoms with E-state index < -0.39 is 0 Å². The number of hydrogen-bond donors (Lipinski definition) is 0. The highest BCUT2D eigenvalue weighted by molar-refractivity contribution is 7.13. The Labute approximate surface area is 365 Å². The molecular formula is C58H52N2S. The molecule has 3 heteroatoms. The molecule has 10 rings (SSSR count). The van der Waals surface area contributed by atoms with Crippen molar-refractivity contribution in [2.75, 3.05) is 4.90 Å². The van der Waals surface area contributed by atoms with Crippen LogP contribution < -0.4 is 4.90 Å². The average Bonchev–Trinajstić information content (AvgIpc) is 3.85. The van der Waals surface area contributed by atoms with Crippen LogP contribution in [0.25, 0.3) is 61.9 Å². The molecule has 2 nitrogen and oxygen atoms in total. The first-order chi connectivity index (χ1) is 30.1. The van der Waals surface area contributed by atoms with Crippen LogP contribution in [0.5, 0.6) is 0 Å². The molecule has 7 aromatic rings. The van der Waals surface area contributed by atoms with E-state index in [1.54, 1.807) is 0 Å². The van der Waals surface area contributed by atoms with Crippen molar-refractivity contribution >= 4 is 51.0 Å². The van der Waals surface area contributed by atoms with Gasteiger partial charge in [-0.2, -0.15) is 0 Å². The molecule has 5 aromatic carbocycles. The van der Waals surface area contributed by atoms with Gasteiger partial charge in [0.2, 0.25) is 0 Å². The standard InChI is InChI=1S/C58H52N2S/c1-4-5-6-10-23-54(41(3)49-20-12-11-17-40(49)2)59(48-35-37-58-53(39-48)51-22-14-16-25-57(51)61-58)46-31-28-44(29-32-46)45-30-36-56-52(38-45)50-21-13-15-24-55(50)60(56)47-33-26-43(27-34-47)42-18-8-7-9-19-42/h4-5,7-13,15-16,18-21,23-34,36,38-40H,6,14,17,22,35,37H2,1-3H3/b5-4?,23-10-,54-41-. The molecule has 0 fully saturated rings. The summed E-state index contributed by atoms with van der Waals surface area (Å²) in [5.74, 6) is 0.463. The average molecular weight is 809 g/mol. The maximum atomic E-state index is 2.59. The van der Waals surface area contributed by atoms with E-state index in [2.05, 4.69) is 212 Å². The summed E-state index contributed by atoms with van der Waals surface area (Å²) in [6, 6.07) is 44.8. The summed E-state index contributed by atoms with van der Waals surface area (Å²) in [5, 5.41) is 2.53. The molecule has 0 aliphatic heterocycles. The largest absolute Gasteiger partial charge is 0.314 e. The van der Waals surface area contributed by atoms with Gasteiger partial charge in [0, 0.05) is 43.3 Å². The lowest BCUT2D eigenvalue weighted by Gasteiger charge is -2.33. The highest BCUT2D eigenvalue weighted by Crippen LogP contribution is 2.43. The van der Waals surface area contributed by atoms with Gasteiger partial charge in [-0.3, -0.25) is 0 Å². The molecule has 0 spiro atoms. The van der Waals surface area contributed by atoms with Crippen molar-refractivity contribution < 1.29 is 0 Å². The second kappa shape index (κ2) is 16.9. The summed E-state index contributed by atoms with van der Waals surface area (Å²) in [6.07, 6.45) is 29.5. The van der Waals surface area contributed by atoms with E-state index >= 15 is 0 Å². The van der Waals surface area contributed by atoms with Crippen LogP contribution in [0, 0.1) is 5.92 Å². The van der Waals surface area contributed by atoms with Gasteiger partial charge in [-0.15, -0.1) is 11.3 Å². The number of aryl methyl sites for hydroxylation is 1. The van der Waals surface area contributed by atoms with Gasteiger partial charge in [-0.25, -0.2) is 0 Å². The molecule has 2 heterocycles. The van der Waals surface area contributed by atoms with Crippen molar-refractivity contribution in [1.82, 2.24) is 4.57 Å². The lowest BCUT2D eigenvalue weighted by molar-refractivity contribution is 0.691. The third-order valence-corrected chi connectivity index (χ3v) is 14.1. The highest BCUT2D eigenvalue weighted by atomic mass is 32.1. The quantitative estimate of drug-likeness (QED) is 0.0987. The normalized spacial score (nSPS) is 16.5. The van der Waals surface area contributed by atoms with Crippen molar-refractivity contribution in [1.29, 1.82) is 0 Å². The Morgan fingerprint density at radius 3 is 2.31 bits per heavy atom. The predicted octanol–water partition coefficient (Wildman–Crippen LogP) is 16.3. The molecule has 61 heavy (non-hydrogen) atoms. The van der Waals surface area contributed by atoms with Gasteiger partial charge in [0.25, 0.3) is 0 Å². The lowest BCUT2D eigenvalue weighted by Crippen LogP contribution is -2.25. The molecule has 300 valence electrons. The van der Waals surface area contributed by atoms with Crippen molar-refractivity contribution in [3.05, 3.63) is 213 Å². The Kier molecular flexibility index (Phi) is 10.7. The first-order valence-corrected chi connectivity index (χ1v) is 22.8. The predicted molar refractivity (Wildman–Crippen MR) is 264 cm³/mol. The first kappa shape index (κ1) is 38.8. The van der Waals surface area contributed by atoms with Gasteiger partial charge in [0.05, 0.1) is 11.0 Å². The fraction of sp³-hybridized carbons (Fsp3) is 0.172. The molecule has 3 aliphatic rings. The molecular weight excluding hydrogens is 757 g/mol. The number of thiophene rings is 1. The number of hydrogen-bond acceptors (Lipinski definition) is 2. The van der Waals surface area contributed by atoms with Crippen LogP contribution in [-0.4, -0.2) is 4.57 Å². The summed E-state index contributed by atoms with van der Waals surface area (Å²) in [5.41, 5.74) is 18.1. The summed E-state index contributed by atoms with van der Waals surface area (Å²) in [7, 11) is 0. The summed E-state index contributed by atoms with van der Waals surface area (Å²) >= 11 is 2.00. The highest BCUT2D eigenvalue weighted by Gasteiger charge is 2.27. The van der Waals surface area contributed by atoms with Gasteiger partial charge in [-0.1, -0.05) is 128 Å². The summed E-state index contributed by atoms with van der Waals surface area (Å²) in [4.78, 5) is 5.58. The van der Waals surface area contributed by atoms with Crippen molar-refractivity contribution in [3.63, 3.8) is 0 Å².